The molecule has 2 aromatic carbocycles. The van der Waals surface area contributed by atoms with E-state index in [0.29, 0.717) is 32.0 Å². The number of aryl methyl sites for hydroxylation is 1. The molecule has 1 heterocycles. The second-order valence-electron chi connectivity index (χ2n) is 6.37. The Bertz CT molecular complexity index is 982. The van der Waals surface area contributed by atoms with Crippen LogP contribution in [0, 0.1) is 6.92 Å². The summed E-state index contributed by atoms with van der Waals surface area (Å²) in [5, 5.41) is 2.80. The van der Waals surface area contributed by atoms with Crippen molar-refractivity contribution < 1.29 is 17.9 Å². The van der Waals surface area contributed by atoms with Gasteiger partial charge in [-0.3, -0.25) is 4.79 Å². The summed E-state index contributed by atoms with van der Waals surface area (Å²) in [6.07, 6.45) is 3.06. The van der Waals surface area contributed by atoms with E-state index >= 15 is 0 Å². The molecule has 8 heteroatoms. The van der Waals surface area contributed by atoms with Gasteiger partial charge in [-0.15, -0.1) is 0 Å². The number of nitrogens with one attached hydrogen (secondary N) is 1. The number of rotatable bonds is 5. The first-order valence-electron chi connectivity index (χ1n) is 8.79. The molecule has 0 bridgehead atoms. The molecule has 1 aliphatic rings. The van der Waals surface area contributed by atoms with E-state index in [1.54, 1.807) is 30.3 Å². The van der Waals surface area contributed by atoms with Crippen LogP contribution in [-0.4, -0.2) is 44.9 Å². The molecule has 0 saturated carbocycles. The molecule has 1 fully saturated rings. The van der Waals surface area contributed by atoms with Crippen LogP contribution >= 0.6 is 15.9 Å². The highest BCUT2D eigenvalue weighted by Crippen LogP contribution is 2.20. The third-order valence-electron chi connectivity index (χ3n) is 4.34. The molecular weight excluding hydrogens is 444 g/mol. The molecule has 28 heavy (non-hydrogen) atoms. The van der Waals surface area contributed by atoms with Gasteiger partial charge >= 0.3 is 0 Å². The van der Waals surface area contributed by atoms with Gasteiger partial charge in [0.05, 0.1) is 18.1 Å². The highest BCUT2D eigenvalue weighted by Gasteiger charge is 2.25. The van der Waals surface area contributed by atoms with E-state index in [0.717, 1.165) is 15.6 Å². The third-order valence-corrected chi connectivity index (χ3v) is 7.14. The van der Waals surface area contributed by atoms with Crippen molar-refractivity contribution in [2.75, 3.05) is 31.6 Å². The summed E-state index contributed by atoms with van der Waals surface area (Å²) in [6, 6.07) is 12.0. The van der Waals surface area contributed by atoms with Crippen molar-refractivity contribution in [1.29, 1.82) is 0 Å². The largest absolute Gasteiger partial charge is 0.379 e. The van der Waals surface area contributed by atoms with Crippen molar-refractivity contribution in [2.24, 2.45) is 0 Å². The SMILES string of the molecule is Cc1cc(NC(=O)/C=C/c2ccc(S(=O)(=O)N3CCOCC3)cc2)ccc1Br. The normalized spacial score (nSPS) is 15.6. The molecule has 0 unspecified atom stereocenters. The van der Waals surface area contributed by atoms with Gasteiger partial charge in [0.2, 0.25) is 15.9 Å². The van der Waals surface area contributed by atoms with Crippen molar-refractivity contribution in [3.8, 4) is 0 Å². The second kappa shape index (κ2) is 9.00. The minimum atomic E-state index is -3.51. The first-order chi connectivity index (χ1) is 13.4. The molecule has 2 aromatic rings. The predicted octanol–water partition coefficient (Wildman–Crippen LogP) is 3.43. The fraction of sp³-hybridized carbons (Fsp3) is 0.250. The van der Waals surface area contributed by atoms with Gasteiger partial charge in [-0.25, -0.2) is 8.42 Å². The van der Waals surface area contributed by atoms with Crippen molar-refractivity contribution in [3.05, 3.63) is 64.1 Å². The molecule has 0 spiro atoms. The number of carbonyl (C=O) groups is 1. The Morgan fingerprint density at radius 3 is 2.46 bits per heavy atom. The number of nitrogens with zero attached hydrogens (tertiary/aromatic N) is 1. The molecule has 3 rings (SSSR count). The van der Waals surface area contributed by atoms with E-state index in [1.165, 1.54) is 10.4 Å². The zero-order valence-corrected chi connectivity index (χ0v) is 17.8. The Labute approximate surface area is 173 Å². The van der Waals surface area contributed by atoms with E-state index in [1.807, 2.05) is 25.1 Å². The molecular formula is C20H21BrN2O4S. The Kier molecular flexibility index (Phi) is 6.66. The number of hydrogen-bond acceptors (Lipinski definition) is 4. The number of carbonyl (C=O) groups excluding carboxylic acids is 1. The van der Waals surface area contributed by atoms with Gasteiger partial charge in [-0.2, -0.15) is 4.31 Å². The quantitative estimate of drug-likeness (QED) is 0.687. The van der Waals surface area contributed by atoms with E-state index in [4.69, 9.17) is 4.74 Å². The summed E-state index contributed by atoms with van der Waals surface area (Å²) in [4.78, 5) is 12.3. The summed E-state index contributed by atoms with van der Waals surface area (Å²) in [6.45, 7) is 3.49. The van der Waals surface area contributed by atoms with Crippen LogP contribution in [0.1, 0.15) is 11.1 Å². The van der Waals surface area contributed by atoms with Crippen molar-refractivity contribution in [3.63, 3.8) is 0 Å². The van der Waals surface area contributed by atoms with Crippen LogP contribution in [-0.2, 0) is 19.6 Å². The monoisotopic (exact) mass is 464 g/mol. The van der Waals surface area contributed by atoms with E-state index in [-0.39, 0.29) is 10.8 Å². The van der Waals surface area contributed by atoms with Crippen LogP contribution in [0.2, 0.25) is 0 Å². The van der Waals surface area contributed by atoms with Crippen LogP contribution in [0.5, 0.6) is 0 Å². The standard InChI is InChI=1S/C20H21BrN2O4S/c1-15-14-17(5-8-19(15)21)22-20(24)9-4-16-2-6-18(7-3-16)28(25,26)23-10-12-27-13-11-23/h2-9,14H,10-13H2,1H3,(H,22,24)/b9-4+. The first-order valence-corrected chi connectivity index (χ1v) is 11.0. The summed E-state index contributed by atoms with van der Waals surface area (Å²) in [5.74, 6) is -0.258. The number of amides is 1. The number of benzene rings is 2. The second-order valence-corrected chi connectivity index (χ2v) is 9.16. The van der Waals surface area contributed by atoms with Gasteiger partial charge in [-0.1, -0.05) is 28.1 Å². The van der Waals surface area contributed by atoms with Crippen LogP contribution < -0.4 is 5.32 Å². The third kappa shape index (κ3) is 5.08. The number of anilines is 1. The maximum absolute atomic E-state index is 12.6. The van der Waals surface area contributed by atoms with Gasteiger partial charge < -0.3 is 10.1 Å². The van der Waals surface area contributed by atoms with Crippen molar-refractivity contribution >= 4 is 43.6 Å². The Morgan fingerprint density at radius 1 is 1.14 bits per heavy atom. The van der Waals surface area contributed by atoms with E-state index in [9.17, 15) is 13.2 Å². The molecule has 148 valence electrons. The summed E-state index contributed by atoms with van der Waals surface area (Å²) >= 11 is 3.42. The Morgan fingerprint density at radius 2 is 1.82 bits per heavy atom. The summed E-state index contributed by atoms with van der Waals surface area (Å²) < 4.78 is 32.8. The number of morpholine rings is 1. The molecule has 6 nitrogen and oxygen atoms in total. The number of halogens is 1. The topological polar surface area (TPSA) is 75.7 Å². The van der Waals surface area contributed by atoms with Crippen LogP contribution in [0.3, 0.4) is 0 Å². The minimum absolute atomic E-state index is 0.237. The molecule has 0 radical (unpaired) electrons. The van der Waals surface area contributed by atoms with Gasteiger partial charge in [0.15, 0.2) is 0 Å². The Balaban J connectivity index is 1.64. The zero-order chi connectivity index (χ0) is 20.1. The predicted molar refractivity (Wildman–Crippen MR) is 113 cm³/mol. The molecule has 1 aliphatic heterocycles. The Hall–Kier alpha value is -2.00. The fourth-order valence-electron chi connectivity index (χ4n) is 2.77. The lowest BCUT2D eigenvalue weighted by Crippen LogP contribution is -2.40. The van der Waals surface area contributed by atoms with E-state index < -0.39 is 10.0 Å². The zero-order valence-electron chi connectivity index (χ0n) is 15.4. The molecule has 0 aliphatic carbocycles. The summed E-state index contributed by atoms with van der Waals surface area (Å²) in [7, 11) is -3.51. The highest BCUT2D eigenvalue weighted by molar-refractivity contribution is 9.10. The molecule has 0 atom stereocenters. The van der Waals surface area contributed by atoms with Gasteiger partial charge in [0.25, 0.3) is 0 Å². The van der Waals surface area contributed by atoms with Crippen LogP contribution in [0.25, 0.3) is 6.08 Å². The molecule has 1 N–H and O–H groups in total. The van der Waals surface area contributed by atoms with Crippen molar-refractivity contribution in [2.45, 2.75) is 11.8 Å². The average molecular weight is 465 g/mol. The number of sulfonamides is 1. The molecule has 0 aromatic heterocycles. The van der Waals surface area contributed by atoms with E-state index in [2.05, 4.69) is 21.2 Å². The molecule has 1 amide bonds. The average Bonchev–Trinajstić information content (AvgIpc) is 2.70. The highest BCUT2D eigenvalue weighted by atomic mass is 79.9. The molecule has 1 saturated heterocycles. The van der Waals surface area contributed by atoms with Crippen LogP contribution in [0.4, 0.5) is 5.69 Å². The maximum atomic E-state index is 12.6. The number of hydrogen-bond donors (Lipinski definition) is 1. The van der Waals surface area contributed by atoms with Crippen LogP contribution in [0.15, 0.2) is 57.9 Å². The van der Waals surface area contributed by atoms with Gasteiger partial charge in [0, 0.05) is 29.3 Å². The smallest absolute Gasteiger partial charge is 0.248 e. The van der Waals surface area contributed by atoms with Gasteiger partial charge in [0.1, 0.15) is 0 Å². The maximum Gasteiger partial charge on any atom is 0.248 e. The number of ether oxygens (including phenoxy) is 1. The lowest BCUT2D eigenvalue weighted by Gasteiger charge is -2.26. The fourth-order valence-corrected chi connectivity index (χ4v) is 4.42. The lowest BCUT2D eigenvalue weighted by molar-refractivity contribution is -0.111. The summed E-state index contributed by atoms with van der Waals surface area (Å²) in [5.41, 5.74) is 2.48. The minimum Gasteiger partial charge on any atom is -0.379 e. The lowest BCUT2D eigenvalue weighted by atomic mass is 10.2. The van der Waals surface area contributed by atoms with Gasteiger partial charge in [-0.05, 0) is 54.5 Å². The van der Waals surface area contributed by atoms with Crippen molar-refractivity contribution in [1.82, 2.24) is 4.31 Å². The first kappa shape index (κ1) is 20.7.